The van der Waals surface area contributed by atoms with Crippen LogP contribution in [-0.4, -0.2) is 21.9 Å². The summed E-state index contributed by atoms with van der Waals surface area (Å²) in [6.07, 6.45) is 6.48. The average Bonchev–Trinajstić information content (AvgIpc) is 2.93. The van der Waals surface area contributed by atoms with Crippen molar-refractivity contribution >= 4 is 5.91 Å². The summed E-state index contributed by atoms with van der Waals surface area (Å²) in [5, 5.41) is 0. The fourth-order valence-electron chi connectivity index (χ4n) is 3.17. The van der Waals surface area contributed by atoms with E-state index in [-0.39, 0.29) is 5.92 Å². The minimum absolute atomic E-state index is 0.277. The second kappa shape index (κ2) is 7.49. The summed E-state index contributed by atoms with van der Waals surface area (Å²) in [5.41, 5.74) is 2.51. The predicted molar refractivity (Wildman–Crippen MR) is 93.0 cm³/mol. The molecule has 3 heteroatoms. The molecule has 1 saturated carbocycles. The Kier molecular flexibility index (Phi) is 5.16. The Morgan fingerprint density at radius 2 is 1.96 bits per heavy atom. The van der Waals surface area contributed by atoms with Gasteiger partial charge in [0, 0.05) is 30.9 Å². The molecule has 1 heterocycles. The molecule has 3 nitrogen and oxygen atoms in total. The van der Waals surface area contributed by atoms with Crippen molar-refractivity contribution in [1.29, 1.82) is 0 Å². The number of benzene rings is 1. The van der Waals surface area contributed by atoms with Gasteiger partial charge in [-0.25, -0.2) is 0 Å². The Hall–Kier alpha value is -2.03. The normalized spacial score (nSPS) is 14.5. The lowest BCUT2D eigenvalue weighted by molar-refractivity contribution is -0.138. The van der Waals surface area contributed by atoms with Crippen LogP contribution in [0, 0.1) is 5.92 Å². The number of carbonyl (C=O) groups excluding carboxylic acids is 1. The summed E-state index contributed by atoms with van der Waals surface area (Å²) in [4.78, 5) is 14.7. The zero-order chi connectivity index (χ0) is 16.1. The minimum Gasteiger partial charge on any atom is -0.345 e. The molecule has 3 rings (SSSR count). The van der Waals surface area contributed by atoms with E-state index in [0.717, 1.165) is 38.9 Å². The van der Waals surface area contributed by atoms with E-state index in [9.17, 15) is 4.79 Å². The Labute approximate surface area is 138 Å². The van der Waals surface area contributed by atoms with Crippen LogP contribution >= 0.6 is 0 Å². The zero-order valence-corrected chi connectivity index (χ0v) is 13.9. The van der Waals surface area contributed by atoms with E-state index >= 15 is 0 Å². The molecule has 122 valence electrons. The molecule has 0 saturated heterocycles. The highest BCUT2D eigenvalue weighted by molar-refractivity contribution is 5.79. The Morgan fingerprint density at radius 1 is 1.17 bits per heavy atom. The van der Waals surface area contributed by atoms with E-state index in [1.165, 1.54) is 17.7 Å². The van der Waals surface area contributed by atoms with Gasteiger partial charge < -0.3 is 9.47 Å². The third-order valence-electron chi connectivity index (χ3n) is 4.73. The predicted octanol–water partition coefficient (Wildman–Crippen LogP) is 4.08. The van der Waals surface area contributed by atoms with Crippen LogP contribution in [0.4, 0.5) is 0 Å². The number of hydrogen-bond donors (Lipinski definition) is 0. The van der Waals surface area contributed by atoms with Gasteiger partial charge in [-0.15, -0.1) is 0 Å². The smallest absolute Gasteiger partial charge is 0.226 e. The minimum atomic E-state index is 0.277. The van der Waals surface area contributed by atoms with Crippen LogP contribution in [0.25, 0.3) is 0 Å². The maximum Gasteiger partial charge on any atom is 0.226 e. The van der Waals surface area contributed by atoms with Gasteiger partial charge in [-0.1, -0.05) is 43.7 Å². The zero-order valence-electron chi connectivity index (χ0n) is 13.9. The largest absolute Gasteiger partial charge is 0.345 e. The van der Waals surface area contributed by atoms with Gasteiger partial charge in [-0.2, -0.15) is 0 Å². The van der Waals surface area contributed by atoms with Gasteiger partial charge in [0.05, 0.1) is 6.54 Å². The van der Waals surface area contributed by atoms with E-state index in [0.29, 0.717) is 5.91 Å². The lowest BCUT2D eigenvalue weighted by Crippen LogP contribution is -2.39. The van der Waals surface area contributed by atoms with Gasteiger partial charge in [0.2, 0.25) is 5.91 Å². The molecule has 1 aromatic carbocycles. The lowest BCUT2D eigenvalue weighted by Gasteiger charge is -2.31. The van der Waals surface area contributed by atoms with Gasteiger partial charge in [0.15, 0.2) is 0 Å². The van der Waals surface area contributed by atoms with E-state index in [2.05, 4.69) is 59.0 Å². The fraction of sp³-hybridized carbons (Fsp3) is 0.450. The van der Waals surface area contributed by atoms with E-state index in [4.69, 9.17) is 0 Å². The molecular weight excluding hydrogens is 284 g/mol. The summed E-state index contributed by atoms with van der Waals surface area (Å²) >= 11 is 0. The first kappa shape index (κ1) is 15.9. The number of hydrogen-bond acceptors (Lipinski definition) is 1. The Morgan fingerprint density at radius 3 is 2.61 bits per heavy atom. The van der Waals surface area contributed by atoms with Crippen LogP contribution < -0.4 is 0 Å². The van der Waals surface area contributed by atoms with Crippen LogP contribution in [0.3, 0.4) is 0 Å². The van der Waals surface area contributed by atoms with Crippen molar-refractivity contribution in [1.82, 2.24) is 9.47 Å². The van der Waals surface area contributed by atoms with Gasteiger partial charge >= 0.3 is 0 Å². The molecule has 1 aliphatic carbocycles. The van der Waals surface area contributed by atoms with Crippen molar-refractivity contribution in [2.45, 2.75) is 45.7 Å². The quantitative estimate of drug-likeness (QED) is 0.756. The molecule has 0 N–H and O–H groups in total. The highest BCUT2D eigenvalue weighted by Crippen LogP contribution is 2.29. The van der Waals surface area contributed by atoms with E-state index < -0.39 is 0 Å². The molecule has 0 spiro atoms. The molecule has 0 radical (unpaired) electrons. The molecular formula is C20H26N2O. The lowest BCUT2D eigenvalue weighted by atomic mass is 9.84. The second-order valence-electron chi connectivity index (χ2n) is 6.50. The number of rotatable bonds is 7. The summed E-state index contributed by atoms with van der Waals surface area (Å²) in [6, 6.07) is 14.7. The molecule has 1 aliphatic rings. The summed E-state index contributed by atoms with van der Waals surface area (Å²) in [6.45, 7) is 4.58. The van der Waals surface area contributed by atoms with Crippen molar-refractivity contribution < 1.29 is 4.79 Å². The van der Waals surface area contributed by atoms with Crippen LogP contribution in [0.2, 0.25) is 0 Å². The third-order valence-corrected chi connectivity index (χ3v) is 4.73. The highest BCUT2D eigenvalue weighted by atomic mass is 16.2. The topological polar surface area (TPSA) is 25.2 Å². The standard InChI is InChI=1S/C20H26N2O/c1-2-13-22(20(23)18-10-6-11-18)16-19-12-7-14-21(19)15-17-8-4-3-5-9-17/h3-5,7-9,12,14,18H,2,6,10-11,13,15-16H2,1H3. The van der Waals surface area contributed by atoms with Crippen LogP contribution in [0.15, 0.2) is 48.7 Å². The maximum atomic E-state index is 12.6. The van der Waals surface area contributed by atoms with Gasteiger partial charge in [0.25, 0.3) is 0 Å². The number of amides is 1. The summed E-state index contributed by atoms with van der Waals surface area (Å²) < 4.78 is 2.26. The average molecular weight is 310 g/mol. The molecule has 1 aromatic heterocycles. The first-order chi connectivity index (χ1) is 11.3. The molecule has 1 fully saturated rings. The van der Waals surface area contributed by atoms with Crippen LogP contribution in [-0.2, 0) is 17.9 Å². The first-order valence-electron chi connectivity index (χ1n) is 8.74. The monoisotopic (exact) mass is 310 g/mol. The summed E-state index contributed by atoms with van der Waals surface area (Å²) in [7, 11) is 0. The van der Waals surface area contributed by atoms with Crippen molar-refractivity contribution in [3.05, 3.63) is 59.9 Å². The van der Waals surface area contributed by atoms with Crippen LogP contribution in [0.5, 0.6) is 0 Å². The maximum absolute atomic E-state index is 12.6. The Bertz CT molecular complexity index is 628. The van der Waals surface area contributed by atoms with E-state index in [1.54, 1.807) is 0 Å². The highest BCUT2D eigenvalue weighted by Gasteiger charge is 2.29. The molecule has 23 heavy (non-hydrogen) atoms. The van der Waals surface area contributed by atoms with Crippen molar-refractivity contribution in [2.75, 3.05) is 6.54 Å². The third kappa shape index (κ3) is 3.84. The molecule has 0 unspecified atom stereocenters. The fourth-order valence-corrected chi connectivity index (χ4v) is 3.17. The summed E-state index contributed by atoms with van der Waals surface area (Å²) in [5.74, 6) is 0.629. The van der Waals surface area contributed by atoms with Crippen LogP contribution in [0.1, 0.15) is 43.9 Å². The van der Waals surface area contributed by atoms with Crippen molar-refractivity contribution in [2.24, 2.45) is 5.92 Å². The van der Waals surface area contributed by atoms with Gasteiger partial charge in [-0.05, 0) is 37.0 Å². The van der Waals surface area contributed by atoms with Gasteiger partial charge in [0.1, 0.15) is 0 Å². The van der Waals surface area contributed by atoms with Gasteiger partial charge in [-0.3, -0.25) is 4.79 Å². The van der Waals surface area contributed by atoms with Crippen molar-refractivity contribution in [3.8, 4) is 0 Å². The second-order valence-corrected chi connectivity index (χ2v) is 6.50. The van der Waals surface area contributed by atoms with E-state index in [1.807, 2.05) is 6.07 Å². The number of carbonyl (C=O) groups is 1. The molecule has 0 aliphatic heterocycles. The number of aromatic nitrogens is 1. The van der Waals surface area contributed by atoms with Crippen molar-refractivity contribution in [3.63, 3.8) is 0 Å². The molecule has 0 atom stereocenters. The SMILES string of the molecule is CCCN(Cc1cccn1Cc1ccccc1)C(=O)C1CCC1. The first-order valence-corrected chi connectivity index (χ1v) is 8.74. The Balaban J connectivity index is 1.70. The molecule has 1 amide bonds. The molecule has 2 aromatic rings. The molecule has 0 bridgehead atoms. The number of nitrogens with zero attached hydrogens (tertiary/aromatic N) is 2.